The van der Waals surface area contributed by atoms with Gasteiger partial charge in [0.05, 0.1) is 39.6 Å². The van der Waals surface area contributed by atoms with E-state index in [0.717, 1.165) is 22.3 Å². The van der Waals surface area contributed by atoms with Crippen LogP contribution in [0.1, 0.15) is 49.9 Å². The largest absolute Gasteiger partial charge is 0.451 e. The van der Waals surface area contributed by atoms with Crippen molar-refractivity contribution in [1.82, 2.24) is 10.6 Å². The quantitative estimate of drug-likeness (QED) is 0.112. The lowest BCUT2D eigenvalue weighted by Gasteiger charge is -2.46. The molecule has 2 N–H and O–H groups in total. The fraction of sp³-hybridized carbons (Fsp3) is 0.386. The van der Waals surface area contributed by atoms with E-state index in [4.69, 9.17) is 33.2 Å². The molecule has 298 valence electrons. The second-order valence-corrected chi connectivity index (χ2v) is 14.4. The number of hydrogen-bond acceptors (Lipinski definition) is 10. The molecule has 1 fully saturated rings. The van der Waals surface area contributed by atoms with E-state index in [-0.39, 0.29) is 33.0 Å². The topological polar surface area (TPSA) is 140 Å². The summed E-state index contributed by atoms with van der Waals surface area (Å²) in [6.07, 6.45) is -6.59. The lowest BCUT2D eigenvalue weighted by atomic mass is 9.96. The molecule has 1 saturated heterocycles. The molecule has 5 rings (SSSR count). The maximum Gasteiger partial charge on any atom is 0.407 e. The Morgan fingerprint density at radius 3 is 1.55 bits per heavy atom. The van der Waals surface area contributed by atoms with Crippen LogP contribution in [0.4, 0.5) is 4.79 Å². The van der Waals surface area contributed by atoms with Crippen molar-refractivity contribution in [3.05, 3.63) is 144 Å². The Morgan fingerprint density at radius 1 is 0.643 bits per heavy atom. The predicted molar refractivity (Wildman–Crippen MR) is 208 cm³/mol. The lowest BCUT2D eigenvalue weighted by molar-refractivity contribution is -0.277. The number of benzene rings is 4. The Balaban J connectivity index is 1.47. The summed E-state index contributed by atoms with van der Waals surface area (Å²) in [5.74, 6) is -1.45. The highest BCUT2D eigenvalue weighted by Crippen LogP contribution is 2.30. The number of carbonyl (C=O) groups is 3. The maximum atomic E-state index is 14.0. The molecule has 0 unspecified atom stereocenters. The van der Waals surface area contributed by atoms with E-state index in [9.17, 15) is 14.4 Å². The summed E-state index contributed by atoms with van der Waals surface area (Å²) >= 11 is 0. The first-order chi connectivity index (χ1) is 27.0. The third-order valence-corrected chi connectivity index (χ3v) is 8.60. The zero-order chi connectivity index (χ0) is 39.8. The number of rotatable bonds is 18. The van der Waals surface area contributed by atoms with E-state index in [2.05, 4.69) is 10.6 Å². The summed E-state index contributed by atoms with van der Waals surface area (Å²) in [5, 5.41) is 5.42. The fourth-order valence-corrected chi connectivity index (χ4v) is 6.02. The molecule has 0 spiro atoms. The van der Waals surface area contributed by atoms with Crippen LogP contribution in [0.3, 0.4) is 0 Å². The molecule has 0 radical (unpaired) electrons. The van der Waals surface area contributed by atoms with Gasteiger partial charge in [0.15, 0.2) is 12.3 Å². The van der Waals surface area contributed by atoms with Crippen molar-refractivity contribution in [3.63, 3.8) is 0 Å². The van der Waals surface area contributed by atoms with Gasteiger partial charge in [0.1, 0.15) is 30.0 Å². The summed E-state index contributed by atoms with van der Waals surface area (Å²) < 4.78 is 43.7. The van der Waals surface area contributed by atoms with Crippen LogP contribution in [0.5, 0.6) is 0 Å². The van der Waals surface area contributed by atoms with Crippen molar-refractivity contribution in [1.29, 1.82) is 0 Å². The highest BCUT2D eigenvalue weighted by molar-refractivity contribution is 5.84. The van der Waals surface area contributed by atoms with E-state index in [1.807, 2.05) is 121 Å². The standard InChI is InChI=1S/C44H52N2O10/c1-31(47)54-36(25-45-43(49)56-44(2,3)4)41(48)46-42-40(53-29-35-23-15-8-16-24-35)39(52-28-34-21-13-7-14-22-34)38(51-27-33-19-11-6-12-20-33)37(55-42)30-50-26-32-17-9-5-10-18-32/h5-24,36-40,42H,25-30H2,1-4H3,(H,45,49)(H,46,48)/t36-,37+,38+,39-,40+,42+/m0/s1. The minimum atomic E-state index is -1.43. The molecule has 0 aromatic heterocycles. The molecule has 4 aromatic carbocycles. The summed E-state index contributed by atoms with van der Waals surface area (Å²) in [7, 11) is 0. The van der Waals surface area contributed by atoms with Gasteiger partial charge < -0.3 is 43.8 Å². The van der Waals surface area contributed by atoms with Gasteiger partial charge in [-0.15, -0.1) is 0 Å². The van der Waals surface area contributed by atoms with Gasteiger partial charge in [-0.3, -0.25) is 9.59 Å². The van der Waals surface area contributed by atoms with E-state index in [1.54, 1.807) is 20.8 Å². The molecule has 0 aliphatic carbocycles. The van der Waals surface area contributed by atoms with Crippen LogP contribution < -0.4 is 10.6 Å². The van der Waals surface area contributed by atoms with E-state index in [0.29, 0.717) is 6.61 Å². The Kier molecular flexibility index (Phi) is 16.0. The second kappa shape index (κ2) is 21.3. The van der Waals surface area contributed by atoms with Crippen LogP contribution in [0.2, 0.25) is 0 Å². The molecule has 12 nitrogen and oxygen atoms in total. The predicted octanol–water partition coefficient (Wildman–Crippen LogP) is 6.26. The van der Waals surface area contributed by atoms with Gasteiger partial charge in [0.2, 0.25) is 0 Å². The molecule has 6 atom stereocenters. The number of ether oxygens (including phenoxy) is 7. The van der Waals surface area contributed by atoms with Crippen molar-refractivity contribution in [2.75, 3.05) is 13.2 Å². The number of alkyl carbamates (subject to hydrolysis) is 1. The molecule has 0 saturated carbocycles. The van der Waals surface area contributed by atoms with E-state index in [1.165, 1.54) is 6.92 Å². The summed E-state index contributed by atoms with van der Waals surface area (Å²) in [5.41, 5.74) is 2.93. The minimum Gasteiger partial charge on any atom is -0.451 e. The third kappa shape index (κ3) is 13.9. The van der Waals surface area contributed by atoms with Crippen LogP contribution in [-0.4, -0.2) is 73.5 Å². The van der Waals surface area contributed by atoms with Gasteiger partial charge >= 0.3 is 12.1 Å². The SMILES string of the molecule is CC(=O)O[C@@H](CNC(=O)OC(C)(C)C)C(=O)N[C@@H]1O[C@H](COCc2ccccc2)[C@@H](OCc2ccccc2)[C@H](OCc2ccccc2)[C@H]1OCc1ccccc1. The van der Waals surface area contributed by atoms with Crippen molar-refractivity contribution in [3.8, 4) is 0 Å². The lowest BCUT2D eigenvalue weighted by Crippen LogP contribution is -2.66. The van der Waals surface area contributed by atoms with Gasteiger partial charge in [0.25, 0.3) is 5.91 Å². The Bertz CT molecular complexity index is 1770. The van der Waals surface area contributed by atoms with Crippen LogP contribution in [-0.2, 0) is 69.2 Å². The monoisotopic (exact) mass is 768 g/mol. The summed E-state index contributed by atoms with van der Waals surface area (Å²) in [4.78, 5) is 38.7. The fourth-order valence-electron chi connectivity index (χ4n) is 6.02. The first-order valence-corrected chi connectivity index (χ1v) is 18.7. The Morgan fingerprint density at radius 2 is 1.09 bits per heavy atom. The molecule has 4 aromatic rings. The zero-order valence-corrected chi connectivity index (χ0v) is 32.3. The van der Waals surface area contributed by atoms with Gasteiger partial charge in [-0.05, 0) is 43.0 Å². The average molecular weight is 769 g/mol. The maximum absolute atomic E-state index is 14.0. The average Bonchev–Trinajstić information content (AvgIpc) is 3.18. The van der Waals surface area contributed by atoms with E-state index < -0.39 is 60.3 Å². The van der Waals surface area contributed by atoms with Crippen LogP contribution in [0.15, 0.2) is 121 Å². The molecule has 1 aliphatic heterocycles. The van der Waals surface area contributed by atoms with E-state index >= 15 is 0 Å². The van der Waals surface area contributed by atoms with Crippen LogP contribution in [0.25, 0.3) is 0 Å². The minimum absolute atomic E-state index is 0.0743. The zero-order valence-electron chi connectivity index (χ0n) is 32.3. The Labute approximate surface area is 328 Å². The second-order valence-electron chi connectivity index (χ2n) is 14.4. The van der Waals surface area contributed by atoms with Crippen molar-refractivity contribution in [2.45, 2.75) is 96.5 Å². The number of nitrogens with one attached hydrogen (secondary N) is 2. The number of carbonyl (C=O) groups excluding carboxylic acids is 3. The van der Waals surface area contributed by atoms with Crippen molar-refractivity contribution >= 4 is 18.0 Å². The number of amides is 2. The molecule has 0 bridgehead atoms. The van der Waals surface area contributed by atoms with Crippen LogP contribution >= 0.6 is 0 Å². The van der Waals surface area contributed by atoms with Gasteiger partial charge in [0, 0.05) is 6.92 Å². The third-order valence-electron chi connectivity index (χ3n) is 8.60. The summed E-state index contributed by atoms with van der Waals surface area (Å²) in [6, 6.07) is 38.8. The normalized spacial score (nSPS) is 20.0. The smallest absolute Gasteiger partial charge is 0.407 e. The van der Waals surface area contributed by atoms with Crippen molar-refractivity contribution in [2.24, 2.45) is 0 Å². The molecular formula is C44H52N2O10. The molecule has 56 heavy (non-hydrogen) atoms. The molecule has 2 amide bonds. The van der Waals surface area contributed by atoms with Crippen LogP contribution in [0, 0.1) is 0 Å². The van der Waals surface area contributed by atoms with Gasteiger partial charge in [-0.25, -0.2) is 4.79 Å². The Hall–Kier alpha value is -5.11. The first kappa shape index (κ1) is 42.0. The summed E-state index contributed by atoms with van der Waals surface area (Å²) in [6.45, 7) is 6.94. The molecule has 1 heterocycles. The first-order valence-electron chi connectivity index (χ1n) is 18.7. The molecule has 1 aliphatic rings. The highest BCUT2D eigenvalue weighted by atomic mass is 16.6. The number of esters is 1. The van der Waals surface area contributed by atoms with Crippen molar-refractivity contribution < 1.29 is 47.5 Å². The highest BCUT2D eigenvalue weighted by Gasteiger charge is 2.49. The van der Waals surface area contributed by atoms with Gasteiger partial charge in [-0.1, -0.05) is 121 Å². The van der Waals surface area contributed by atoms with Gasteiger partial charge in [-0.2, -0.15) is 0 Å². The molecule has 12 heteroatoms. The molecular weight excluding hydrogens is 716 g/mol. The number of hydrogen-bond donors (Lipinski definition) is 2.